The summed E-state index contributed by atoms with van der Waals surface area (Å²) >= 11 is 0. The fraction of sp³-hybridized carbons (Fsp3) is 0.765. The van der Waals surface area contributed by atoms with Gasteiger partial charge in [-0.25, -0.2) is 0 Å². The first-order valence-corrected chi connectivity index (χ1v) is 8.77. The summed E-state index contributed by atoms with van der Waals surface area (Å²) in [4.78, 5) is 49.4. The standard InChI is InChI=1S/C17H26N2O6/c1-11(15(21)18-8-10-24-2)25-14(20)7-9-19-16(22)12-5-3-4-6-13(12)17(19)23/h11-13H,3-10H2,1-2H3,(H,18,21)/t11-,12-,13-/m0/s1. The number of methoxy groups -OCH3 is 1. The van der Waals surface area contributed by atoms with Crippen molar-refractivity contribution in [3.63, 3.8) is 0 Å². The minimum absolute atomic E-state index is 0.0154. The van der Waals surface area contributed by atoms with Gasteiger partial charge in [0, 0.05) is 20.2 Å². The highest BCUT2D eigenvalue weighted by Gasteiger charge is 2.47. The molecule has 1 aliphatic heterocycles. The third kappa shape index (κ3) is 4.78. The minimum atomic E-state index is -0.933. The Labute approximate surface area is 147 Å². The van der Waals surface area contributed by atoms with Crippen molar-refractivity contribution in [2.45, 2.75) is 45.1 Å². The molecule has 0 bridgehead atoms. The SMILES string of the molecule is COCCNC(=O)[C@H](C)OC(=O)CCN1C(=O)[C@H]2CCCC[C@@H]2C1=O. The zero-order valence-electron chi connectivity index (χ0n) is 14.8. The average Bonchev–Trinajstić information content (AvgIpc) is 2.84. The lowest BCUT2D eigenvalue weighted by molar-refractivity contribution is -0.155. The lowest BCUT2D eigenvalue weighted by atomic mass is 9.81. The van der Waals surface area contributed by atoms with Gasteiger partial charge in [-0.05, 0) is 19.8 Å². The van der Waals surface area contributed by atoms with Crippen LogP contribution in [0.2, 0.25) is 0 Å². The van der Waals surface area contributed by atoms with Gasteiger partial charge in [-0.3, -0.25) is 24.1 Å². The van der Waals surface area contributed by atoms with Gasteiger partial charge in [0.2, 0.25) is 11.8 Å². The number of nitrogens with one attached hydrogen (secondary N) is 1. The second-order valence-electron chi connectivity index (χ2n) is 6.49. The predicted octanol–water partition coefficient (Wildman–Crippen LogP) is 0.246. The van der Waals surface area contributed by atoms with Gasteiger partial charge in [0.1, 0.15) is 0 Å². The number of esters is 1. The molecule has 1 heterocycles. The maximum atomic E-state index is 12.3. The molecule has 2 aliphatic rings. The smallest absolute Gasteiger partial charge is 0.308 e. The summed E-state index contributed by atoms with van der Waals surface area (Å²) < 4.78 is 9.87. The number of rotatable bonds is 8. The first-order chi connectivity index (χ1) is 12.0. The van der Waals surface area contributed by atoms with Gasteiger partial charge in [-0.1, -0.05) is 12.8 Å². The lowest BCUT2D eigenvalue weighted by Crippen LogP contribution is -2.38. The first-order valence-electron chi connectivity index (χ1n) is 8.77. The van der Waals surface area contributed by atoms with Crippen molar-refractivity contribution in [3.8, 4) is 0 Å². The van der Waals surface area contributed by atoms with Crippen molar-refractivity contribution in [2.24, 2.45) is 11.8 Å². The molecule has 0 aromatic carbocycles. The van der Waals surface area contributed by atoms with Gasteiger partial charge >= 0.3 is 5.97 Å². The molecule has 0 radical (unpaired) electrons. The normalized spacial score (nSPS) is 24.0. The Balaban J connectivity index is 1.77. The quantitative estimate of drug-likeness (QED) is 0.381. The Morgan fingerprint density at radius 3 is 2.36 bits per heavy atom. The van der Waals surface area contributed by atoms with E-state index in [2.05, 4.69) is 5.32 Å². The van der Waals surface area contributed by atoms with Crippen LogP contribution in [-0.2, 0) is 28.7 Å². The van der Waals surface area contributed by atoms with Crippen LogP contribution in [-0.4, -0.2) is 61.5 Å². The molecule has 8 heteroatoms. The van der Waals surface area contributed by atoms with Gasteiger partial charge in [-0.15, -0.1) is 0 Å². The van der Waals surface area contributed by atoms with E-state index in [4.69, 9.17) is 9.47 Å². The molecular formula is C17H26N2O6. The molecule has 140 valence electrons. The van der Waals surface area contributed by atoms with E-state index in [0.717, 1.165) is 25.7 Å². The molecular weight excluding hydrogens is 328 g/mol. The fourth-order valence-electron chi connectivity index (χ4n) is 3.38. The maximum Gasteiger partial charge on any atom is 0.308 e. The number of hydrogen-bond acceptors (Lipinski definition) is 6. The first kappa shape index (κ1) is 19.4. The Hall–Kier alpha value is -1.96. The van der Waals surface area contributed by atoms with Gasteiger partial charge in [0.25, 0.3) is 5.91 Å². The van der Waals surface area contributed by atoms with E-state index < -0.39 is 18.0 Å². The molecule has 0 aromatic rings. The van der Waals surface area contributed by atoms with E-state index in [9.17, 15) is 19.2 Å². The summed E-state index contributed by atoms with van der Waals surface area (Å²) in [6, 6.07) is 0. The summed E-state index contributed by atoms with van der Waals surface area (Å²) in [5.74, 6) is -1.80. The van der Waals surface area contributed by atoms with Gasteiger partial charge in [0.05, 0.1) is 24.9 Å². The van der Waals surface area contributed by atoms with E-state index in [-0.39, 0.29) is 36.6 Å². The molecule has 0 aromatic heterocycles. The molecule has 3 atom stereocenters. The minimum Gasteiger partial charge on any atom is -0.452 e. The number of carbonyl (C=O) groups excluding carboxylic acids is 4. The van der Waals surface area contributed by atoms with Crippen molar-refractivity contribution in [1.82, 2.24) is 10.2 Å². The molecule has 3 amide bonds. The highest BCUT2D eigenvalue weighted by atomic mass is 16.5. The molecule has 8 nitrogen and oxygen atoms in total. The van der Waals surface area contributed by atoms with E-state index in [0.29, 0.717) is 13.2 Å². The number of amides is 3. The van der Waals surface area contributed by atoms with Crippen LogP contribution in [0.3, 0.4) is 0 Å². The Morgan fingerprint density at radius 2 is 1.80 bits per heavy atom. The fourth-order valence-corrected chi connectivity index (χ4v) is 3.38. The second kappa shape index (κ2) is 8.94. The number of nitrogens with zero attached hydrogens (tertiary/aromatic N) is 1. The summed E-state index contributed by atoms with van der Waals surface area (Å²) in [5.41, 5.74) is 0. The van der Waals surface area contributed by atoms with Crippen LogP contribution in [0.5, 0.6) is 0 Å². The third-order valence-corrected chi connectivity index (χ3v) is 4.75. The van der Waals surface area contributed by atoms with E-state index in [1.54, 1.807) is 0 Å². The van der Waals surface area contributed by atoms with Crippen molar-refractivity contribution in [1.29, 1.82) is 0 Å². The van der Waals surface area contributed by atoms with Crippen LogP contribution < -0.4 is 5.32 Å². The predicted molar refractivity (Wildman–Crippen MR) is 87.2 cm³/mol. The largest absolute Gasteiger partial charge is 0.452 e. The number of hydrogen-bond donors (Lipinski definition) is 1. The number of ether oxygens (including phenoxy) is 2. The maximum absolute atomic E-state index is 12.3. The van der Waals surface area contributed by atoms with E-state index in [1.807, 2.05) is 0 Å². The van der Waals surface area contributed by atoms with Crippen molar-refractivity contribution in [2.75, 3.05) is 26.8 Å². The molecule has 1 saturated heterocycles. The Kier molecular flexibility index (Phi) is 6.92. The summed E-state index contributed by atoms with van der Waals surface area (Å²) in [6.07, 6.45) is 2.38. The van der Waals surface area contributed by atoms with Crippen LogP contribution in [0, 0.1) is 11.8 Å². The van der Waals surface area contributed by atoms with Gasteiger partial charge in [-0.2, -0.15) is 0 Å². The van der Waals surface area contributed by atoms with Crippen LogP contribution in [0.15, 0.2) is 0 Å². The van der Waals surface area contributed by atoms with Crippen LogP contribution >= 0.6 is 0 Å². The monoisotopic (exact) mass is 354 g/mol. The average molecular weight is 354 g/mol. The van der Waals surface area contributed by atoms with E-state index in [1.165, 1.54) is 18.9 Å². The van der Waals surface area contributed by atoms with Gasteiger partial charge < -0.3 is 14.8 Å². The second-order valence-corrected chi connectivity index (χ2v) is 6.49. The topological polar surface area (TPSA) is 102 Å². The lowest BCUT2D eigenvalue weighted by Gasteiger charge is -2.19. The molecule has 2 rings (SSSR count). The van der Waals surface area contributed by atoms with Crippen molar-refractivity contribution in [3.05, 3.63) is 0 Å². The molecule has 25 heavy (non-hydrogen) atoms. The van der Waals surface area contributed by atoms with Crippen LogP contribution in [0.25, 0.3) is 0 Å². The molecule has 1 aliphatic carbocycles. The summed E-state index contributed by atoms with van der Waals surface area (Å²) in [5, 5.41) is 2.57. The summed E-state index contributed by atoms with van der Waals surface area (Å²) in [7, 11) is 1.52. The summed E-state index contributed by atoms with van der Waals surface area (Å²) in [6.45, 7) is 2.19. The zero-order chi connectivity index (χ0) is 18.4. The van der Waals surface area contributed by atoms with E-state index >= 15 is 0 Å². The van der Waals surface area contributed by atoms with Crippen LogP contribution in [0.1, 0.15) is 39.0 Å². The Morgan fingerprint density at radius 1 is 1.20 bits per heavy atom. The van der Waals surface area contributed by atoms with Crippen LogP contribution in [0.4, 0.5) is 0 Å². The van der Waals surface area contributed by atoms with Gasteiger partial charge in [0.15, 0.2) is 6.10 Å². The highest BCUT2D eigenvalue weighted by molar-refractivity contribution is 6.05. The third-order valence-electron chi connectivity index (χ3n) is 4.75. The Bertz CT molecular complexity index is 511. The molecule has 2 fully saturated rings. The molecule has 0 unspecified atom stereocenters. The molecule has 1 saturated carbocycles. The number of fused-ring (bicyclic) bond motifs is 1. The molecule has 1 N–H and O–H groups in total. The van der Waals surface area contributed by atoms with Crippen molar-refractivity contribution >= 4 is 23.7 Å². The molecule has 0 spiro atoms. The van der Waals surface area contributed by atoms with Crippen molar-refractivity contribution < 1.29 is 28.7 Å². The number of carbonyl (C=O) groups is 4. The number of likely N-dealkylation sites (tertiary alicyclic amines) is 1. The zero-order valence-corrected chi connectivity index (χ0v) is 14.8. The highest BCUT2D eigenvalue weighted by Crippen LogP contribution is 2.37. The number of imide groups is 1.